The van der Waals surface area contributed by atoms with Gasteiger partial charge in [-0.05, 0) is 24.3 Å². The van der Waals surface area contributed by atoms with Crippen LogP contribution in [-0.4, -0.2) is 35.3 Å². The summed E-state index contributed by atoms with van der Waals surface area (Å²) in [6.45, 7) is 1.61. The summed E-state index contributed by atoms with van der Waals surface area (Å²) in [7, 11) is 0. The lowest BCUT2D eigenvalue weighted by Crippen LogP contribution is -2.38. The molecule has 0 aliphatic carbocycles. The van der Waals surface area contributed by atoms with Crippen LogP contribution in [0.1, 0.15) is 18.5 Å². The quantitative estimate of drug-likeness (QED) is 0.775. The molecule has 5 nitrogen and oxygen atoms in total. The molecule has 2 aromatic rings. The van der Waals surface area contributed by atoms with Gasteiger partial charge in [0, 0.05) is 43.1 Å². The van der Waals surface area contributed by atoms with Crippen molar-refractivity contribution in [2.75, 3.05) is 18.0 Å². The van der Waals surface area contributed by atoms with Gasteiger partial charge in [-0.2, -0.15) is 0 Å². The van der Waals surface area contributed by atoms with Gasteiger partial charge in [0.25, 0.3) is 0 Å². The Morgan fingerprint density at radius 3 is 2.62 bits per heavy atom. The van der Waals surface area contributed by atoms with E-state index in [1.807, 2.05) is 6.07 Å². The third kappa shape index (κ3) is 4.06. The summed E-state index contributed by atoms with van der Waals surface area (Å²) >= 11 is 12.1. The number of piperidine rings is 1. The first kappa shape index (κ1) is 16.8. The van der Waals surface area contributed by atoms with E-state index in [-0.39, 0.29) is 6.10 Å². The highest BCUT2D eigenvalue weighted by Crippen LogP contribution is 2.30. The second-order valence-electron chi connectivity index (χ2n) is 5.46. The molecule has 3 rings (SSSR count). The Labute approximate surface area is 149 Å². The minimum atomic E-state index is 0.0856. The summed E-state index contributed by atoms with van der Waals surface area (Å²) in [5.41, 5.74) is 0.502. The maximum atomic E-state index is 10.3. The number of carbonyl (C=O) groups excluding carboxylic acids is 1. The number of hydrogen-bond donors (Lipinski definition) is 0. The van der Waals surface area contributed by atoms with Crippen molar-refractivity contribution in [2.24, 2.45) is 0 Å². The van der Waals surface area contributed by atoms with Gasteiger partial charge in [-0.1, -0.05) is 23.2 Å². The maximum absolute atomic E-state index is 10.3. The van der Waals surface area contributed by atoms with Crippen molar-refractivity contribution in [1.82, 2.24) is 10.2 Å². The number of rotatable bonds is 4. The summed E-state index contributed by atoms with van der Waals surface area (Å²) in [5.74, 6) is 3.10. The fraction of sp³-hybridized carbons (Fsp3) is 0.294. The fourth-order valence-electron chi connectivity index (χ4n) is 2.59. The highest BCUT2D eigenvalue weighted by Gasteiger charge is 2.22. The molecule has 124 valence electrons. The summed E-state index contributed by atoms with van der Waals surface area (Å²) in [5, 5.41) is 9.29. The highest BCUT2D eigenvalue weighted by atomic mass is 35.5. The largest absolute Gasteiger partial charge is 0.489 e. The van der Waals surface area contributed by atoms with E-state index < -0.39 is 0 Å². The second-order valence-corrected chi connectivity index (χ2v) is 6.30. The molecule has 0 radical (unpaired) electrons. The van der Waals surface area contributed by atoms with Gasteiger partial charge >= 0.3 is 0 Å². The number of hydrogen-bond acceptors (Lipinski definition) is 5. The molecule has 1 aliphatic heterocycles. The molecule has 1 aromatic carbocycles. The molecule has 1 aromatic heterocycles. The van der Waals surface area contributed by atoms with Crippen LogP contribution in [0, 0.1) is 0 Å². The average Bonchev–Trinajstić information content (AvgIpc) is 2.60. The van der Waals surface area contributed by atoms with Crippen molar-refractivity contribution >= 4 is 41.0 Å². The van der Waals surface area contributed by atoms with Gasteiger partial charge in [-0.15, -0.1) is 10.2 Å². The second kappa shape index (κ2) is 7.67. The van der Waals surface area contributed by atoms with Crippen LogP contribution < -0.4 is 9.64 Å². The van der Waals surface area contributed by atoms with Crippen molar-refractivity contribution in [3.05, 3.63) is 46.1 Å². The van der Waals surface area contributed by atoms with E-state index in [0.717, 1.165) is 31.7 Å². The van der Waals surface area contributed by atoms with Gasteiger partial charge in [0.1, 0.15) is 17.8 Å². The molecule has 0 saturated carbocycles. The monoisotopic (exact) mass is 363 g/mol. The van der Waals surface area contributed by atoms with Gasteiger partial charge < -0.3 is 9.64 Å². The Morgan fingerprint density at radius 1 is 1.17 bits per heavy atom. The molecule has 2 heterocycles. The van der Waals surface area contributed by atoms with Crippen molar-refractivity contribution in [3.63, 3.8) is 0 Å². The molecule has 24 heavy (non-hydrogen) atoms. The summed E-state index contributed by atoms with van der Waals surface area (Å²) < 4.78 is 5.98. The van der Waals surface area contributed by atoms with Crippen LogP contribution in [0.25, 0.3) is 6.08 Å². The molecule has 0 N–H and O–H groups in total. The Morgan fingerprint density at radius 2 is 1.96 bits per heavy atom. The van der Waals surface area contributed by atoms with E-state index in [9.17, 15) is 4.79 Å². The van der Waals surface area contributed by atoms with Crippen molar-refractivity contribution in [2.45, 2.75) is 18.9 Å². The summed E-state index contributed by atoms with van der Waals surface area (Å²) in [4.78, 5) is 12.4. The van der Waals surface area contributed by atoms with Crippen molar-refractivity contribution in [3.8, 4) is 5.75 Å². The van der Waals surface area contributed by atoms with Crippen LogP contribution in [0.3, 0.4) is 0 Å². The topological polar surface area (TPSA) is 55.3 Å². The predicted octanol–water partition coefficient (Wildman–Crippen LogP) is 3.68. The van der Waals surface area contributed by atoms with Crippen LogP contribution in [0.2, 0.25) is 10.0 Å². The Hall–Kier alpha value is -2.07. The number of halogens is 2. The van der Waals surface area contributed by atoms with E-state index in [4.69, 9.17) is 27.9 Å². The minimum Gasteiger partial charge on any atom is -0.489 e. The number of benzene rings is 1. The molecule has 0 unspecified atom stereocenters. The number of anilines is 1. The zero-order chi connectivity index (χ0) is 16.9. The Kier molecular flexibility index (Phi) is 5.36. The number of aromatic nitrogens is 2. The van der Waals surface area contributed by atoms with E-state index in [1.54, 1.807) is 30.2 Å². The molecule has 1 saturated heterocycles. The molecule has 7 heteroatoms. The standard InChI is InChI=1S/C17H15Cl2N3O2/c18-12-1-3-15(19)16(11-12)24-14-5-8-22(9-6-14)17-4-2-13(7-10-23)20-21-17/h1-4,7,11,14H,5-6,8-9H2. The average molecular weight is 364 g/mol. The third-order valence-corrected chi connectivity index (χ3v) is 4.38. The normalized spacial score (nSPS) is 15.0. The molecule has 0 atom stereocenters. The first-order valence-electron chi connectivity index (χ1n) is 7.57. The third-order valence-electron chi connectivity index (χ3n) is 3.83. The minimum absolute atomic E-state index is 0.0856. The number of nitrogens with zero attached hydrogens (tertiary/aromatic N) is 3. The SMILES string of the molecule is O=C=Cc1ccc(N2CCC(Oc3cc(Cl)ccc3Cl)CC2)nn1. The van der Waals surface area contributed by atoms with E-state index in [2.05, 4.69) is 15.1 Å². The van der Waals surface area contributed by atoms with Crippen LogP contribution in [0.4, 0.5) is 5.82 Å². The lowest BCUT2D eigenvalue weighted by atomic mass is 10.1. The predicted molar refractivity (Wildman–Crippen MR) is 94.5 cm³/mol. The Balaban J connectivity index is 1.59. The van der Waals surface area contributed by atoms with E-state index >= 15 is 0 Å². The fourth-order valence-corrected chi connectivity index (χ4v) is 2.92. The van der Waals surface area contributed by atoms with Crippen LogP contribution in [0.5, 0.6) is 5.75 Å². The Bertz CT molecular complexity index is 753. The van der Waals surface area contributed by atoms with Gasteiger partial charge in [0.05, 0.1) is 10.7 Å². The first-order valence-corrected chi connectivity index (χ1v) is 8.32. The van der Waals surface area contributed by atoms with Gasteiger partial charge in [0.15, 0.2) is 5.82 Å². The van der Waals surface area contributed by atoms with Gasteiger partial charge in [-0.25, -0.2) is 4.79 Å². The molecular formula is C17H15Cl2N3O2. The van der Waals surface area contributed by atoms with Gasteiger partial charge in [0.2, 0.25) is 0 Å². The van der Waals surface area contributed by atoms with Crippen LogP contribution in [0.15, 0.2) is 30.3 Å². The smallest absolute Gasteiger partial charge is 0.151 e. The highest BCUT2D eigenvalue weighted by molar-refractivity contribution is 6.34. The summed E-state index contributed by atoms with van der Waals surface area (Å²) in [6.07, 6.45) is 3.04. The molecular weight excluding hydrogens is 349 g/mol. The zero-order valence-corrected chi connectivity index (χ0v) is 14.3. The molecule has 1 aliphatic rings. The van der Waals surface area contributed by atoms with Crippen LogP contribution in [-0.2, 0) is 4.79 Å². The van der Waals surface area contributed by atoms with Crippen molar-refractivity contribution in [1.29, 1.82) is 0 Å². The zero-order valence-electron chi connectivity index (χ0n) is 12.8. The molecule has 1 fully saturated rings. The van der Waals surface area contributed by atoms with Crippen LogP contribution >= 0.6 is 23.2 Å². The van der Waals surface area contributed by atoms with E-state index in [1.165, 1.54) is 6.08 Å². The molecule has 0 amide bonds. The number of ether oxygens (including phenoxy) is 1. The molecule has 0 bridgehead atoms. The van der Waals surface area contributed by atoms with E-state index in [0.29, 0.717) is 21.5 Å². The lowest BCUT2D eigenvalue weighted by molar-refractivity contribution is 0.171. The maximum Gasteiger partial charge on any atom is 0.151 e. The lowest BCUT2D eigenvalue weighted by Gasteiger charge is -2.32. The molecule has 0 spiro atoms. The van der Waals surface area contributed by atoms with Gasteiger partial charge in [-0.3, -0.25) is 0 Å². The first-order chi connectivity index (χ1) is 11.7. The van der Waals surface area contributed by atoms with Crippen molar-refractivity contribution < 1.29 is 9.53 Å². The summed E-state index contributed by atoms with van der Waals surface area (Å²) in [6, 6.07) is 8.81.